The number of ether oxygens (including phenoxy) is 1. The molecule has 1 N–H and O–H groups in total. The molecule has 1 aliphatic carbocycles. The summed E-state index contributed by atoms with van der Waals surface area (Å²) in [6, 6.07) is 4.91. The first-order chi connectivity index (χ1) is 10.4. The number of nitrogens with zero attached hydrogens (tertiary/aromatic N) is 1. The van der Waals surface area contributed by atoms with E-state index in [0.717, 1.165) is 44.5 Å². The lowest BCUT2D eigenvalue weighted by atomic mass is 9.83. The van der Waals surface area contributed by atoms with Gasteiger partial charge in [-0.3, -0.25) is 0 Å². The SMILES string of the molecule is COCCc1cc2c3c(c1)C(C1CC1)CCN3CCNC2. The smallest absolute Gasteiger partial charge is 0.0502 e. The molecule has 0 saturated heterocycles. The highest BCUT2D eigenvalue weighted by Gasteiger charge is 2.38. The van der Waals surface area contributed by atoms with Gasteiger partial charge in [0, 0.05) is 39.0 Å². The zero-order chi connectivity index (χ0) is 14.2. The van der Waals surface area contributed by atoms with E-state index in [9.17, 15) is 0 Å². The van der Waals surface area contributed by atoms with Crippen molar-refractivity contribution in [3.8, 4) is 0 Å². The van der Waals surface area contributed by atoms with Crippen LogP contribution < -0.4 is 10.2 Å². The van der Waals surface area contributed by atoms with Crippen LogP contribution in [0.15, 0.2) is 12.1 Å². The van der Waals surface area contributed by atoms with Gasteiger partial charge in [0.1, 0.15) is 0 Å². The minimum Gasteiger partial charge on any atom is -0.384 e. The first-order valence-corrected chi connectivity index (χ1v) is 8.47. The second-order valence-corrected chi connectivity index (χ2v) is 6.83. The summed E-state index contributed by atoms with van der Waals surface area (Å²) in [4.78, 5) is 2.63. The van der Waals surface area contributed by atoms with Gasteiger partial charge in [-0.2, -0.15) is 0 Å². The van der Waals surface area contributed by atoms with Crippen molar-refractivity contribution >= 4 is 5.69 Å². The van der Waals surface area contributed by atoms with Crippen molar-refractivity contribution in [2.24, 2.45) is 5.92 Å². The standard InChI is InChI=1S/C18H26N2O/c1-21-9-5-13-10-15-12-19-6-8-20-7-4-16(14-2-3-14)17(11-13)18(15)20/h10-11,14,16,19H,2-9,12H2,1H3. The monoisotopic (exact) mass is 286 g/mol. The van der Waals surface area contributed by atoms with Gasteiger partial charge in [0.05, 0.1) is 6.61 Å². The minimum absolute atomic E-state index is 0.815. The van der Waals surface area contributed by atoms with Gasteiger partial charge >= 0.3 is 0 Å². The van der Waals surface area contributed by atoms with Crippen molar-refractivity contribution in [2.75, 3.05) is 38.3 Å². The molecule has 1 atom stereocenters. The summed E-state index contributed by atoms with van der Waals surface area (Å²) in [6.45, 7) is 5.37. The van der Waals surface area contributed by atoms with E-state index in [1.807, 2.05) is 0 Å². The lowest BCUT2D eigenvalue weighted by molar-refractivity contribution is 0.202. The fourth-order valence-electron chi connectivity index (χ4n) is 4.17. The maximum atomic E-state index is 5.28. The van der Waals surface area contributed by atoms with Gasteiger partial charge < -0.3 is 15.0 Å². The Morgan fingerprint density at radius 1 is 1.24 bits per heavy atom. The van der Waals surface area contributed by atoms with E-state index in [4.69, 9.17) is 4.74 Å². The normalized spacial score (nSPS) is 24.6. The van der Waals surface area contributed by atoms with Gasteiger partial charge in [-0.1, -0.05) is 12.1 Å². The third-order valence-electron chi connectivity index (χ3n) is 5.36. The highest BCUT2D eigenvalue weighted by Crippen LogP contribution is 2.50. The highest BCUT2D eigenvalue weighted by atomic mass is 16.5. The van der Waals surface area contributed by atoms with E-state index in [-0.39, 0.29) is 0 Å². The molecule has 0 radical (unpaired) electrons. The second kappa shape index (κ2) is 5.62. The van der Waals surface area contributed by atoms with Crippen molar-refractivity contribution in [3.05, 3.63) is 28.8 Å². The van der Waals surface area contributed by atoms with E-state index in [1.54, 1.807) is 18.4 Å². The summed E-state index contributed by atoms with van der Waals surface area (Å²) < 4.78 is 5.28. The summed E-state index contributed by atoms with van der Waals surface area (Å²) in [7, 11) is 1.80. The fourth-order valence-corrected chi connectivity index (χ4v) is 4.17. The zero-order valence-electron chi connectivity index (χ0n) is 13.0. The Morgan fingerprint density at radius 2 is 2.14 bits per heavy atom. The molecule has 2 heterocycles. The van der Waals surface area contributed by atoms with Crippen LogP contribution in [-0.4, -0.2) is 33.4 Å². The lowest BCUT2D eigenvalue weighted by Gasteiger charge is -2.37. The minimum atomic E-state index is 0.815. The molecule has 3 heteroatoms. The van der Waals surface area contributed by atoms with Crippen LogP contribution in [0.4, 0.5) is 5.69 Å². The number of rotatable bonds is 4. The number of nitrogens with one attached hydrogen (secondary N) is 1. The van der Waals surface area contributed by atoms with Gasteiger partial charge in [0.15, 0.2) is 0 Å². The molecule has 114 valence electrons. The molecule has 0 aromatic heterocycles. The maximum Gasteiger partial charge on any atom is 0.0502 e. The Bertz CT molecular complexity index is 524. The average molecular weight is 286 g/mol. The van der Waals surface area contributed by atoms with E-state index in [0.29, 0.717) is 0 Å². The molecule has 2 aliphatic heterocycles. The van der Waals surface area contributed by atoms with Gasteiger partial charge in [0.25, 0.3) is 0 Å². The van der Waals surface area contributed by atoms with Crippen LogP contribution in [0.2, 0.25) is 0 Å². The third kappa shape index (κ3) is 2.58. The third-order valence-corrected chi connectivity index (χ3v) is 5.36. The first-order valence-electron chi connectivity index (χ1n) is 8.47. The van der Waals surface area contributed by atoms with Crippen LogP contribution in [0.3, 0.4) is 0 Å². The van der Waals surface area contributed by atoms with E-state index < -0.39 is 0 Å². The largest absolute Gasteiger partial charge is 0.384 e. The van der Waals surface area contributed by atoms with Crippen LogP contribution in [-0.2, 0) is 17.7 Å². The van der Waals surface area contributed by atoms with Crippen molar-refractivity contribution in [2.45, 2.75) is 38.1 Å². The van der Waals surface area contributed by atoms with Crippen molar-refractivity contribution in [1.29, 1.82) is 0 Å². The van der Waals surface area contributed by atoms with Crippen LogP contribution in [0.5, 0.6) is 0 Å². The summed E-state index contributed by atoms with van der Waals surface area (Å²) in [5, 5.41) is 3.59. The quantitative estimate of drug-likeness (QED) is 0.921. The highest BCUT2D eigenvalue weighted by molar-refractivity contribution is 5.65. The van der Waals surface area contributed by atoms with Crippen molar-refractivity contribution in [1.82, 2.24) is 5.32 Å². The molecule has 0 bridgehead atoms. The molecule has 1 aromatic carbocycles. The molecule has 1 aromatic rings. The van der Waals surface area contributed by atoms with Gasteiger partial charge in [-0.05, 0) is 54.2 Å². The number of hydrogen-bond donors (Lipinski definition) is 1. The Labute approximate surface area is 127 Å². The van der Waals surface area contributed by atoms with Gasteiger partial charge in [-0.15, -0.1) is 0 Å². The van der Waals surface area contributed by atoms with Crippen LogP contribution >= 0.6 is 0 Å². The van der Waals surface area contributed by atoms with E-state index >= 15 is 0 Å². The van der Waals surface area contributed by atoms with Crippen LogP contribution in [0.1, 0.15) is 41.9 Å². The van der Waals surface area contributed by atoms with E-state index in [1.165, 1.54) is 36.9 Å². The molecular formula is C18H26N2O. The molecular weight excluding hydrogens is 260 g/mol. The molecule has 4 rings (SSSR count). The summed E-state index contributed by atoms with van der Waals surface area (Å²) >= 11 is 0. The van der Waals surface area contributed by atoms with Gasteiger partial charge in [0.2, 0.25) is 0 Å². The zero-order valence-corrected chi connectivity index (χ0v) is 13.0. The number of benzene rings is 1. The number of anilines is 1. The number of methoxy groups -OCH3 is 1. The Kier molecular flexibility index (Phi) is 3.64. The van der Waals surface area contributed by atoms with Crippen LogP contribution in [0, 0.1) is 5.92 Å². The number of hydrogen-bond acceptors (Lipinski definition) is 3. The van der Waals surface area contributed by atoms with Gasteiger partial charge in [-0.25, -0.2) is 0 Å². The predicted octanol–water partition coefficient (Wildman–Crippen LogP) is 2.68. The van der Waals surface area contributed by atoms with E-state index in [2.05, 4.69) is 22.3 Å². The van der Waals surface area contributed by atoms with Crippen LogP contribution in [0.25, 0.3) is 0 Å². The molecule has 1 unspecified atom stereocenters. The molecule has 21 heavy (non-hydrogen) atoms. The Morgan fingerprint density at radius 3 is 2.95 bits per heavy atom. The lowest BCUT2D eigenvalue weighted by Crippen LogP contribution is -2.34. The topological polar surface area (TPSA) is 24.5 Å². The molecule has 1 fully saturated rings. The van der Waals surface area contributed by atoms with Crippen molar-refractivity contribution in [3.63, 3.8) is 0 Å². The second-order valence-electron chi connectivity index (χ2n) is 6.83. The molecule has 0 amide bonds. The summed E-state index contributed by atoms with van der Waals surface area (Å²) in [6.07, 6.45) is 5.28. The average Bonchev–Trinajstić information content (AvgIpc) is 3.33. The molecule has 3 aliphatic rings. The predicted molar refractivity (Wildman–Crippen MR) is 86.0 cm³/mol. The molecule has 1 saturated carbocycles. The summed E-state index contributed by atoms with van der Waals surface area (Å²) in [5.74, 6) is 1.78. The maximum absolute atomic E-state index is 5.28. The fraction of sp³-hybridized carbons (Fsp3) is 0.667. The van der Waals surface area contributed by atoms with Crippen molar-refractivity contribution < 1.29 is 4.74 Å². The Hall–Kier alpha value is -1.06. The molecule has 3 nitrogen and oxygen atoms in total. The summed E-state index contributed by atoms with van der Waals surface area (Å²) in [5.41, 5.74) is 6.20. The Balaban J connectivity index is 1.76. The molecule has 0 spiro atoms. The first kappa shape index (κ1) is 13.6.